The quantitative estimate of drug-likeness (QED) is 0.762. The van der Waals surface area contributed by atoms with Crippen LogP contribution in [0.25, 0.3) is 0 Å². The molecule has 0 bridgehead atoms. The molecule has 1 aromatic heterocycles. The number of sulfonamides is 1. The molecule has 0 radical (unpaired) electrons. The van der Waals surface area contributed by atoms with E-state index in [1.54, 1.807) is 0 Å². The average Bonchev–Trinajstić information content (AvgIpc) is 2.96. The molecule has 0 aromatic carbocycles. The number of hydrogen-bond acceptors (Lipinski definition) is 3. The van der Waals surface area contributed by atoms with Gasteiger partial charge in [-0.1, -0.05) is 42.1 Å². The number of aryl methyl sites for hydroxylation is 1. The molecule has 2 rings (SSSR count). The van der Waals surface area contributed by atoms with Crippen molar-refractivity contribution in [3.63, 3.8) is 0 Å². The van der Waals surface area contributed by atoms with Crippen molar-refractivity contribution in [1.29, 1.82) is 0 Å². The van der Waals surface area contributed by atoms with E-state index in [0.717, 1.165) is 18.2 Å². The summed E-state index contributed by atoms with van der Waals surface area (Å²) in [5.74, 6) is 0.693. The van der Waals surface area contributed by atoms with Gasteiger partial charge in [0.15, 0.2) is 5.03 Å². The minimum atomic E-state index is -3.49. The maximum atomic E-state index is 12.3. The summed E-state index contributed by atoms with van der Waals surface area (Å²) < 4.78 is 27.3. The van der Waals surface area contributed by atoms with Crippen LogP contribution in [0.15, 0.2) is 11.2 Å². The molecule has 0 aliphatic heterocycles. The summed E-state index contributed by atoms with van der Waals surface area (Å²) in [5, 5.41) is 1.00. The fraction of sp³-hybridized carbons (Fsp3) is 0.769. The Morgan fingerprint density at radius 2 is 2.10 bits per heavy atom. The topological polar surface area (TPSA) is 74.8 Å². The highest BCUT2D eigenvalue weighted by Crippen LogP contribution is 2.37. The summed E-state index contributed by atoms with van der Waals surface area (Å²) in [4.78, 5) is 6.90. The largest absolute Gasteiger partial charge is 0.332 e. The smallest absolute Gasteiger partial charge is 0.257 e. The lowest BCUT2D eigenvalue weighted by Crippen LogP contribution is -2.40. The number of halogens is 1. The summed E-state index contributed by atoms with van der Waals surface area (Å²) in [7, 11) is -3.49. The van der Waals surface area contributed by atoms with Crippen LogP contribution in [0.1, 0.15) is 44.9 Å². The van der Waals surface area contributed by atoms with Crippen LogP contribution in [-0.4, -0.2) is 30.3 Å². The van der Waals surface area contributed by atoms with Gasteiger partial charge in [-0.15, -0.1) is 0 Å². The Morgan fingerprint density at radius 1 is 1.40 bits per heavy atom. The zero-order chi connectivity index (χ0) is 14.6. The Bertz CT molecular complexity index is 536. The number of nitrogens with one attached hydrogen (secondary N) is 2. The molecule has 0 unspecified atom stereocenters. The van der Waals surface area contributed by atoms with Gasteiger partial charge in [-0.2, -0.15) is 0 Å². The van der Waals surface area contributed by atoms with E-state index >= 15 is 0 Å². The number of aromatic amines is 1. The Labute approximate surface area is 129 Å². The molecule has 0 atom stereocenters. The van der Waals surface area contributed by atoms with E-state index in [1.165, 1.54) is 25.5 Å². The highest BCUT2D eigenvalue weighted by Gasteiger charge is 2.32. The van der Waals surface area contributed by atoms with Crippen molar-refractivity contribution in [3.8, 4) is 0 Å². The van der Waals surface area contributed by atoms with Gasteiger partial charge in [0, 0.05) is 18.3 Å². The first-order chi connectivity index (χ1) is 9.51. The number of rotatable bonds is 6. The molecule has 5 nitrogen and oxygen atoms in total. The van der Waals surface area contributed by atoms with E-state index in [-0.39, 0.29) is 10.4 Å². The summed E-state index contributed by atoms with van der Waals surface area (Å²) in [6, 6.07) is 0. The van der Waals surface area contributed by atoms with Crippen LogP contribution in [0.4, 0.5) is 0 Å². The highest BCUT2D eigenvalue weighted by atomic mass is 79.9. The van der Waals surface area contributed by atoms with Crippen molar-refractivity contribution >= 4 is 26.0 Å². The minimum Gasteiger partial charge on any atom is -0.332 e. The SMILES string of the molecule is CCc1ncc(S(=O)(=O)NCC2(CBr)CCCCC2)[nH]1. The third-order valence-corrected chi connectivity index (χ3v) is 6.56. The fourth-order valence-electron chi connectivity index (χ4n) is 2.64. The lowest BCUT2D eigenvalue weighted by molar-refractivity contribution is 0.227. The fourth-order valence-corrected chi connectivity index (χ4v) is 4.50. The van der Waals surface area contributed by atoms with Crippen molar-refractivity contribution in [3.05, 3.63) is 12.0 Å². The van der Waals surface area contributed by atoms with Gasteiger partial charge in [-0.3, -0.25) is 0 Å². The number of imidazole rings is 1. The van der Waals surface area contributed by atoms with Crippen LogP contribution in [0.3, 0.4) is 0 Å². The zero-order valence-corrected chi connectivity index (χ0v) is 14.2. The van der Waals surface area contributed by atoms with Crippen LogP contribution < -0.4 is 4.72 Å². The van der Waals surface area contributed by atoms with Gasteiger partial charge >= 0.3 is 0 Å². The predicted molar refractivity (Wildman–Crippen MR) is 82.5 cm³/mol. The maximum absolute atomic E-state index is 12.3. The Morgan fingerprint density at radius 3 is 2.65 bits per heavy atom. The molecular weight excluding hydrogens is 342 g/mol. The number of alkyl halides is 1. The molecule has 0 spiro atoms. The van der Waals surface area contributed by atoms with E-state index < -0.39 is 10.0 Å². The first-order valence-corrected chi connectivity index (χ1v) is 9.71. The number of nitrogens with zero attached hydrogens (tertiary/aromatic N) is 1. The molecule has 1 aliphatic rings. The van der Waals surface area contributed by atoms with E-state index in [1.807, 2.05) is 6.92 Å². The second-order valence-corrected chi connectivity index (χ2v) is 7.86. The van der Waals surface area contributed by atoms with Crippen LogP contribution >= 0.6 is 15.9 Å². The Kier molecular flexibility index (Phi) is 5.25. The van der Waals surface area contributed by atoms with E-state index in [2.05, 4.69) is 30.6 Å². The lowest BCUT2D eigenvalue weighted by atomic mass is 9.76. The van der Waals surface area contributed by atoms with Gasteiger partial charge in [0.1, 0.15) is 5.82 Å². The second kappa shape index (κ2) is 6.58. The number of hydrogen-bond donors (Lipinski definition) is 2. The molecule has 0 amide bonds. The Balaban J connectivity index is 2.04. The maximum Gasteiger partial charge on any atom is 0.257 e. The average molecular weight is 364 g/mol. The van der Waals surface area contributed by atoms with Crippen LogP contribution in [0.2, 0.25) is 0 Å². The summed E-state index contributed by atoms with van der Waals surface area (Å²) in [6.07, 6.45) is 7.84. The van der Waals surface area contributed by atoms with Crippen molar-refractivity contribution in [1.82, 2.24) is 14.7 Å². The third-order valence-electron chi connectivity index (χ3n) is 4.06. The molecule has 1 heterocycles. The van der Waals surface area contributed by atoms with Gasteiger partial charge in [0.2, 0.25) is 0 Å². The number of aromatic nitrogens is 2. The molecule has 20 heavy (non-hydrogen) atoms. The van der Waals surface area contributed by atoms with Crippen molar-refractivity contribution in [2.24, 2.45) is 5.41 Å². The zero-order valence-electron chi connectivity index (χ0n) is 11.8. The molecule has 1 saturated carbocycles. The molecule has 0 saturated heterocycles. The summed E-state index contributed by atoms with van der Waals surface area (Å²) >= 11 is 3.55. The van der Waals surface area contributed by atoms with Crippen molar-refractivity contribution in [2.75, 3.05) is 11.9 Å². The van der Waals surface area contributed by atoms with E-state index in [0.29, 0.717) is 18.8 Å². The lowest BCUT2D eigenvalue weighted by Gasteiger charge is -2.35. The molecular formula is C13H22BrN3O2S. The van der Waals surface area contributed by atoms with Crippen molar-refractivity contribution < 1.29 is 8.42 Å². The van der Waals surface area contributed by atoms with E-state index in [4.69, 9.17) is 0 Å². The molecule has 7 heteroatoms. The van der Waals surface area contributed by atoms with E-state index in [9.17, 15) is 8.42 Å². The van der Waals surface area contributed by atoms with Gasteiger partial charge in [0.25, 0.3) is 10.0 Å². The van der Waals surface area contributed by atoms with Crippen LogP contribution in [-0.2, 0) is 16.4 Å². The van der Waals surface area contributed by atoms with Gasteiger partial charge in [0.05, 0.1) is 6.20 Å². The normalized spacial score (nSPS) is 19.1. The molecule has 1 aromatic rings. The van der Waals surface area contributed by atoms with Crippen LogP contribution in [0, 0.1) is 5.41 Å². The third kappa shape index (κ3) is 3.62. The molecule has 1 fully saturated rings. The monoisotopic (exact) mass is 363 g/mol. The summed E-state index contributed by atoms with van der Waals surface area (Å²) in [5.41, 5.74) is 0.0545. The molecule has 1 aliphatic carbocycles. The highest BCUT2D eigenvalue weighted by molar-refractivity contribution is 9.09. The van der Waals surface area contributed by atoms with Crippen molar-refractivity contribution in [2.45, 2.75) is 50.5 Å². The minimum absolute atomic E-state index is 0.0545. The predicted octanol–water partition coefficient (Wildman–Crippen LogP) is 2.60. The second-order valence-electron chi connectivity index (χ2n) is 5.57. The van der Waals surface area contributed by atoms with Gasteiger partial charge in [-0.25, -0.2) is 18.1 Å². The standard InChI is InChI=1S/C13H22BrN3O2S/c1-2-11-15-8-12(17-11)20(18,19)16-10-13(9-14)6-4-3-5-7-13/h8,16H,2-7,9-10H2,1H3,(H,15,17). The first-order valence-electron chi connectivity index (χ1n) is 7.11. The first kappa shape index (κ1) is 16.0. The van der Waals surface area contributed by atoms with Gasteiger partial charge < -0.3 is 4.98 Å². The van der Waals surface area contributed by atoms with Crippen LogP contribution in [0.5, 0.6) is 0 Å². The molecule has 114 valence electrons. The van der Waals surface area contributed by atoms with Gasteiger partial charge in [-0.05, 0) is 18.3 Å². The molecule has 2 N–H and O–H groups in total. The Hall–Kier alpha value is -0.400. The summed E-state index contributed by atoms with van der Waals surface area (Å²) in [6.45, 7) is 2.42. The number of H-pyrrole nitrogens is 1.